The molecule has 0 saturated carbocycles. The van der Waals surface area contributed by atoms with Gasteiger partial charge in [-0.3, -0.25) is 19.3 Å². The summed E-state index contributed by atoms with van der Waals surface area (Å²) in [5.74, 6) is -2.07. The van der Waals surface area contributed by atoms with Gasteiger partial charge in [0.2, 0.25) is 17.7 Å². The van der Waals surface area contributed by atoms with Crippen molar-refractivity contribution >= 4 is 23.4 Å². The number of aliphatic hydroxyl groups excluding tert-OH is 1. The van der Waals surface area contributed by atoms with Gasteiger partial charge in [-0.2, -0.15) is 0 Å². The molecule has 0 radical (unpaired) electrons. The summed E-state index contributed by atoms with van der Waals surface area (Å²) in [5.41, 5.74) is -0.421. The number of carbonyl (C=O) groups excluding carboxylic acids is 3. The molecule has 4 aliphatic rings. The van der Waals surface area contributed by atoms with Crippen LogP contribution in [0.2, 0.25) is 0 Å². The topological polar surface area (TPSA) is 103 Å². The lowest BCUT2D eigenvalue weighted by molar-refractivity contribution is -0.151. The molecule has 5 rings (SSSR count). The fourth-order valence-electron chi connectivity index (χ4n) is 7.81. The molecule has 1 N–H and O–H groups in total. The van der Waals surface area contributed by atoms with E-state index in [1.807, 2.05) is 44.2 Å². The molecule has 1 spiro atoms. The zero-order chi connectivity index (χ0) is 31.4. The van der Waals surface area contributed by atoms with E-state index in [4.69, 9.17) is 9.47 Å². The maximum absolute atomic E-state index is 14.7. The molecule has 0 aromatic heterocycles. The van der Waals surface area contributed by atoms with E-state index < -0.39 is 35.6 Å². The van der Waals surface area contributed by atoms with Crippen LogP contribution in [-0.4, -0.2) is 120 Å². The zero-order valence-electron chi connectivity index (χ0n) is 26.2. The second-order valence-electron chi connectivity index (χ2n) is 12.9. The number of fused-ring (bicyclic) bond motifs is 1. The van der Waals surface area contributed by atoms with E-state index in [9.17, 15) is 19.5 Å². The van der Waals surface area contributed by atoms with Gasteiger partial charge in [0.05, 0.1) is 43.8 Å². The van der Waals surface area contributed by atoms with E-state index in [2.05, 4.69) is 18.1 Å². The van der Waals surface area contributed by atoms with Crippen LogP contribution in [0.25, 0.3) is 0 Å². The largest absolute Gasteiger partial charge is 0.394 e. The Balaban J connectivity index is 1.51. The molecule has 0 aliphatic carbocycles. The molecule has 240 valence electrons. The van der Waals surface area contributed by atoms with Crippen molar-refractivity contribution in [2.24, 2.45) is 17.8 Å². The van der Waals surface area contributed by atoms with E-state index in [-0.39, 0.29) is 36.8 Å². The van der Waals surface area contributed by atoms with Gasteiger partial charge in [0.15, 0.2) is 0 Å². The standard InChI is InChI=1S/C34H48N4O6/c1-5-14-36(17-16-35-18-20-43-21-19-35)33(42)30-34-13-12-27(44-34)28(29(34)32(41)38(30)26(23-39)22-24(3)4)31(40)37(15-6-2)25-10-8-7-9-11-25/h5-11,24,26-30,39H,1-2,12-23H2,3-4H3/t26-,27+,28-,29+,30?,34?/m1/s1. The van der Waals surface area contributed by atoms with Crippen molar-refractivity contribution < 1.29 is 29.0 Å². The lowest BCUT2D eigenvalue weighted by Gasteiger charge is -2.40. The van der Waals surface area contributed by atoms with Gasteiger partial charge >= 0.3 is 0 Å². The molecule has 1 aromatic carbocycles. The first-order chi connectivity index (χ1) is 21.3. The number of anilines is 1. The molecule has 4 saturated heterocycles. The van der Waals surface area contributed by atoms with Gasteiger partial charge in [0.1, 0.15) is 11.6 Å². The van der Waals surface area contributed by atoms with Crippen LogP contribution >= 0.6 is 0 Å². The highest BCUT2D eigenvalue weighted by atomic mass is 16.5. The average molecular weight is 609 g/mol. The summed E-state index contributed by atoms with van der Waals surface area (Å²) < 4.78 is 12.2. The number of likely N-dealkylation sites (tertiary alicyclic amines) is 1. The smallest absolute Gasteiger partial charge is 0.248 e. The van der Waals surface area contributed by atoms with Crippen molar-refractivity contribution in [1.29, 1.82) is 0 Å². The third kappa shape index (κ3) is 5.97. The van der Waals surface area contributed by atoms with Crippen LogP contribution < -0.4 is 4.90 Å². The molecule has 3 amide bonds. The van der Waals surface area contributed by atoms with Crippen LogP contribution in [0.15, 0.2) is 55.6 Å². The lowest BCUT2D eigenvalue weighted by Crippen LogP contribution is -2.59. The first kappa shape index (κ1) is 32.3. The SMILES string of the molecule is C=CCN(CCN1CCOCC1)C(=O)C1N([C@@H](CO)CC(C)C)C(=O)[C@@H]2[C@H](C(=O)N(CC=C)c3ccccc3)[C@@H]3CCC12O3. The van der Waals surface area contributed by atoms with Crippen LogP contribution in [0.5, 0.6) is 0 Å². The van der Waals surface area contributed by atoms with Gasteiger partial charge in [0, 0.05) is 45.0 Å². The molecule has 44 heavy (non-hydrogen) atoms. The minimum atomic E-state index is -1.14. The van der Waals surface area contributed by atoms with Crippen molar-refractivity contribution in [2.75, 3.05) is 64.0 Å². The van der Waals surface area contributed by atoms with E-state index in [1.54, 1.807) is 26.9 Å². The molecule has 4 heterocycles. The van der Waals surface area contributed by atoms with E-state index in [0.29, 0.717) is 52.1 Å². The maximum Gasteiger partial charge on any atom is 0.248 e. The Kier molecular flexibility index (Phi) is 10.2. The van der Waals surface area contributed by atoms with Gasteiger partial charge in [-0.05, 0) is 37.3 Å². The lowest BCUT2D eigenvalue weighted by atomic mass is 9.70. The molecular formula is C34H48N4O6. The Bertz CT molecular complexity index is 1200. The highest BCUT2D eigenvalue weighted by Crippen LogP contribution is 2.59. The van der Waals surface area contributed by atoms with Gasteiger partial charge in [-0.1, -0.05) is 44.2 Å². The molecule has 2 bridgehead atoms. The Morgan fingerprint density at radius 2 is 1.82 bits per heavy atom. The van der Waals surface area contributed by atoms with Crippen molar-refractivity contribution in [2.45, 2.75) is 56.9 Å². The Hall–Kier alpha value is -3.05. The number of nitrogens with zero attached hydrogens (tertiary/aromatic N) is 4. The number of aliphatic hydroxyl groups is 1. The number of hydrogen-bond acceptors (Lipinski definition) is 7. The molecule has 4 aliphatic heterocycles. The second kappa shape index (κ2) is 13.9. The number of rotatable bonds is 14. The summed E-state index contributed by atoms with van der Waals surface area (Å²) in [5, 5.41) is 10.6. The summed E-state index contributed by atoms with van der Waals surface area (Å²) in [6, 6.07) is 7.86. The maximum atomic E-state index is 14.7. The second-order valence-corrected chi connectivity index (χ2v) is 12.9. The van der Waals surface area contributed by atoms with Crippen LogP contribution in [0.3, 0.4) is 0 Å². The number of para-hydroxylation sites is 1. The molecule has 10 nitrogen and oxygen atoms in total. The van der Waals surface area contributed by atoms with Crippen molar-refractivity contribution in [3.05, 3.63) is 55.6 Å². The van der Waals surface area contributed by atoms with Crippen LogP contribution in [-0.2, 0) is 23.9 Å². The van der Waals surface area contributed by atoms with Crippen LogP contribution in [0, 0.1) is 17.8 Å². The number of amides is 3. The van der Waals surface area contributed by atoms with Crippen molar-refractivity contribution in [3.63, 3.8) is 0 Å². The minimum absolute atomic E-state index is 0.176. The minimum Gasteiger partial charge on any atom is -0.394 e. The first-order valence-electron chi connectivity index (χ1n) is 16.0. The number of hydrogen-bond donors (Lipinski definition) is 1. The highest BCUT2D eigenvalue weighted by molar-refractivity contribution is 6.03. The monoisotopic (exact) mass is 608 g/mol. The van der Waals surface area contributed by atoms with Crippen molar-refractivity contribution in [1.82, 2.24) is 14.7 Å². The number of morpholine rings is 1. The summed E-state index contributed by atoms with van der Waals surface area (Å²) in [4.78, 5) is 51.0. The Morgan fingerprint density at radius 1 is 1.11 bits per heavy atom. The first-order valence-corrected chi connectivity index (χ1v) is 16.0. The molecule has 10 heteroatoms. The summed E-state index contributed by atoms with van der Waals surface area (Å²) in [6.45, 7) is 16.2. The van der Waals surface area contributed by atoms with Gasteiger partial charge in [0.25, 0.3) is 0 Å². The number of benzene rings is 1. The summed E-state index contributed by atoms with van der Waals surface area (Å²) >= 11 is 0. The fourth-order valence-corrected chi connectivity index (χ4v) is 7.81. The summed E-state index contributed by atoms with van der Waals surface area (Å²) in [6.07, 6.45) is 4.52. The third-order valence-electron chi connectivity index (χ3n) is 9.70. The van der Waals surface area contributed by atoms with Gasteiger partial charge in [-0.15, -0.1) is 13.2 Å². The number of ether oxygens (including phenoxy) is 2. The molecule has 6 atom stereocenters. The summed E-state index contributed by atoms with van der Waals surface area (Å²) in [7, 11) is 0. The number of carbonyl (C=O) groups is 3. The zero-order valence-corrected chi connectivity index (χ0v) is 26.2. The van der Waals surface area contributed by atoms with E-state index >= 15 is 0 Å². The van der Waals surface area contributed by atoms with Gasteiger partial charge < -0.3 is 29.3 Å². The van der Waals surface area contributed by atoms with E-state index in [1.165, 1.54) is 0 Å². The Labute approximate surface area is 261 Å². The molecular weight excluding hydrogens is 560 g/mol. The Morgan fingerprint density at radius 3 is 2.45 bits per heavy atom. The van der Waals surface area contributed by atoms with Gasteiger partial charge in [-0.25, -0.2) is 0 Å². The average Bonchev–Trinajstić information content (AvgIpc) is 3.68. The molecule has 4 fully saturated rings. The normalized spacial score (nSPS) is 28.6. The predicted octanol–water partition coefficient (Wildman–Crippen LogP) is 2.33. The van der Waals surface area contributed by atoms with Crippen molar-refractivity contribution in [3.8, 4) is 0 Å². The molecule has 2 unspecified atom stereocenters. The van der Waals surface area contributed by atoms with E-state index in [0.717, 1.165) is 18.8 Å². The predicted molar refractivity (Wildman–Crippen MR) is 168 cm³/mol. The van der Waals surface area contributed by atoms with Crippen LogP contribution in [0.1, 0.15) is 33.1 Å². The quantitative estimate of drug-likeness (QED) is 0.324. The van der Waals surface area contributed by atoms with Crippen LogP contribution in [0.4, 0.5) is 5.69 Å². The highest BCUT2D eigenvalue weighted by Gasteiger charge is 2.75. The molecule has 1 aromatic rings. The third-order valence-corrected chi connectivity index (χ3v) is 9.70. The fraction of sp³-hybridized carbons (Fsp3) is 0.618.